The van der Waals surface area contributed by atoms with E-state index in [0.717, 1.165) is 16.3 Å². The van der Waals surface area contributed by atoms with E-state index < -0.39 is 0 Å². The highest BCUT2D eigenvalue weighted by Gasteiger charge is 2.01. The van der Waals surface area contributed by atoms with Crippen LogP contribution in [0.3, 0.4) is 0 Å². The van der Waals surface area contributed by atoms with Gasteiger partial charge in [0.1, 0.15) is 0 Å². The number of fused-ring (bicyclic) bond motifs is 1. The van der Waals surface area contributed by atoms with Crippen molar-refractivity contribution in [1.29, 1.82) is 5.26 Å². The van der Waals surface area contributed by atoms with E-state index in [-0.39, 0.29) is 0 Å². The summed E-state index contributed by atoms with van der Waals surface area (Å²) in [4.78, 5) is 0. The molecule has 2 aromatic carbocycles. The summed E-state index contributed by atoms with van der Waals surface area (Å²) < 4.78 is 0. The van der Waals surface area contributed by atoms with Gasteiger partial charge in [0, 0.05) is 21.9 Å². The first-order valence-electron chi connectivity index (χ1n) is 4.40. The number of benzene rings is 2. The highest BCUT2D eigenvalue weighted by molar-refractivity contribution is 6.36. The summed E-state index contributed by atoms with van der Waals surface area (Å²) >= 11 is 6.09. The maximum absolute atomic E-state index is 8.41. The average Bonchev–Trinajstić information content (AvgIpc) is 2.26. The van der Waals surface area contributed by atoms with E-state index in [1.807, 2.05) is 36.4 Å². The van der Waals surface area contributed by atoms with Gasteiger partial charge in [0.05, 0.1) is 0 Å². The summed E-state index contributed by atoms with van der Waals surface area (Å²) in [6, 6.07) is 13.2. The summed E-state index contributed by atoms with van der Waals surface area (Å²) in [6.07, 6.45) is 0. The molecule has 1 nitrogen and oxygen atoms in total. The Morgan fingerprint density at radius 1 is 1.07 bits per heavy atom. The lowest BCUT2D eigenvalue weighted by molar-refractivity contribution is 1.55. The fourth-order valence-electron chi connectivity index (χ4n) is 1.49. The van der Waals surface area contributed by atoms with E-state index in [1.165, 1.54) is 0 Å². The molecule has 0 unspecified atom stereocenters. The third-order valence-corrected chi connectivity index (χ3v) is 2.42. The molecule has 0 saturated heterocycles. The van der Waals surface area contributed by atoms with Gasteiger partial charge in [0.2, 0.25) is 0 Å². The largest absolute Gasteiger partial charge is 0.183 e. The molecule has 0 radical (unpaired) electrons. The maximum atomic E-state index is 8.41. The fraction of sp³-hybridized carbons (Fsp3) is 0. The molecule has 0 aliphatic rings. The van der Waals surface area contributed by atoms with Crippen LogP contribution in [0.4, 0.5) is 0 Å². The zero-order valence-corrected chi connectivity index (χ0v) is 8.55. The lowest BCUT2D eigenvalue weighted by atomic mass is 10.1. The van der Waals surface area contributed by atoms with Crippen LogP contribution < -0.4 is 0 Å². The topological polar surface area (TPSA) is 23.8 Å². The molecule has 70 valence electrons. The highest BCUT2D eigenvalue weighted by Crippen LogP contribution is 2.26. The Bertz CT molecular complexity index is 606. The maximum Gasteiger partial charge on any atom is 0.152 e. The van der Waals surface area contributed by atoms with Crippen LogP contribution in [0.2, 0.25) is 5.02 Å². The van der Waals surface area contributed by atoms with Crippen molar-refractivity contribution in [2.45, 2.75) is 0 Å². The van der Waals surface area contributed by atoms with Crippen molar-refractivity contribution in [3.8, 4) is 17.9 Å². The van der Waals surface area contributed by atoms with Crippen LogP contribution in [0.1, 0.15) is 5.56 Å². The number of hydrogen-bond donors (Lipinski definition) is 0. The standard InChI is InChI=1S/C13H6ClN/c14-12-8-2-6-10-4-1-5-11(13(10)12)7-3-9-15/h1-2,4-6,8H. The third kappa shape index (κ3) is 1.79. The van der Waals surface area contributed by atoms with E-state index in [9.17, 15) is 0 Å². The quantitative estimate of drug-likeness (QED) is 0.613. The molecule has 0 aromatic heterocycles. The second-order valence-corrected chi connectivity index (χ2v) is 3.41. The summed E-state index contributed by atoms with van der Waals surface area (Å²) in [7, 11) is 0. The summed E-state index contributed by atoms with van der Waals surface area (Å²) in [6.45, 7) is 0. The normalized spacial score (nSPS) is 9.07. The van der Waals surface area contributed by atoms with Crippen LogP contribution in [0.25, 0.3) is 10.8 Å². The lowest BCUT2D eigenvalue weighted by Gasteiger charge is -2.02. The second-order valence-electron chi connectivity index (χ2n) is 3.01. The summed E-state index contributed by atoms with van der Waals surface area (Å²) in [5.74, 6) is 5.16. The van der Waals surface area contributed by atoms with Crippen molar-refractivity contribution in [2.75, 3.05) is 0 Å². The molecule has 0 aliphatic heterocycles. The number of halogens is 1. The Kier molecular flexibility index (Phi) is 2.59. The first-order chi connectivity index (χ1) is 7.33. The van der Waals surface area contributed by atoms with Gasteiger partial charge in [-0.1, -0.05) is 41.8 Å². The molecule has 2 rings (SSSR count). The van der Waals surface area contributed by atoms with Gasteiger partial charge in [-0.15, -0.1) is 0 Å². The smallest absolute Gasteiger partial charge is 0.152 e. The molecular weight excluding hydrogens is 206 g/mol. The van der Waals surface area contributed by atoms with Crippen LogP contribution in [0.15, 0.2) is 36.4 Å². The SMILES string of the molecule is N#CC#Cc1cccc2cccc(Cl)c12. The number of nitriles is 1. The molecule has 0 aliphatic carbocycles. The summed E-state index contributed by atoms with van der Waals surface area (Å²) in [5, 5.41) is 11.0. The zero-order valence-electron chi connectivity index (χ0n) is 7.79. The molecular formula is C13H6ClN. The van der Waals surface area contributed by atoms with Crippen molar-refractivity contribution in [2.24, 2.45) is 0 Å². The number of nitrogens with zero attached hydrogens (tertiary/aromatic N) is 1. The first kappa shape index (κ1) is 9.59. The molecule has 2 aromatic rings. The van der Waals surface area contributed by atoms with Gasteiger partial charge in [0.15, 0.2) is 6.07 Å². The van der Waals surface area contributed by atoms with Crippen molar-refractivity contribution in [1.82, 2.24) is 0 Å². The average molecular weight is 212 g/mol. The number of hydrogen-bond acceptors (Lipinski definition) is 1. The van der Waals surface area contributed by atoms with Gasteiger partial charge in [-0.25, -0.2) is 0 Å². The van der Waals surface area contributed by atoms with E-state index in [0.29, 0.717) is 5.02 Å². The van der Waals surface area contributed by atoms with Crippen LogP contribution in [0, 0.1) is 23.2 Å². The molecule has 2 heteroatoms. The highest BCUT2D eigenvalue weighted by atomic mass is 35.5. The lowest BCUT2D eigenvalue weighted by Crippen LogP contribution is -1.80. The van der Waals surface area contributed by atoms with Crippen molar-refractivity contribution >= 4 is 22.4 Å². The van der Waals surface area contributed by atoms with Crippen molar-refractivity contribution < 1.29 is 0 Å². The van der Waals surface area contributed by atoms with Crippen LogP contribution in [0.5, 0.6) is 0 Å². The van der Waals surface area contributed by atoms with E-state index in [1.54, 1.807) is 6.07 Å². The monoisotopic (exact) mass is 211 g/mol. The molecule has 0 saturated carbocycles. The van der Waals surface area contributed by atoms with Crippen LogP contribution >= 0.6 is 11.6 Å². The third-order valence-electron chi connectivity index (χ3n) is 2.11. The first-order valence-corrected chi connectivity index (χ1v) is 4.78. The predicted molar refractivity (Wildman–Crippen MR) is 61.4 cm³/mol. The molecule has 0 N–H and O–H groups in total. The van der Waals surface area contributed by atoms with Crippen molar-refractivity contribution in [3.05, 3.63) is 47.0 Å². The van der Waals surface area contributed by atoms with E-state index >= 15 is 0 Å². The van der Waals surface area contributed by atoms with Gasteiger partial charge >= 0.3 is 0 Å². The van der Waals surface area contributed by atoms with Gasteiger partial charge in [-0.3, -0.25) is 0 Å². The Morgan fingerprint density at radius 2 is 1.80 bits per heavy atom. The van der Waals surface area contributed by atoms with E-state index in [4.69, 9.17) is 16.9 Å². The predicted octanol–water partition coefficient (Wildman–Crippen LogP) is 3.37. The molecule has 0 heterocycles. The molecule has 0 bridgehead atoms. The minimum absolute atomic E-state index is 0.662. The molecule has 0 spiro atoms. The van der Waals surface area contributed by atoms with Crippen LogP contribution in [-0.2, 0) is 0 Å². The minimum Gasteiger partial charge on any atom is -0.183 e. The minimum atomic E-state index is 0.662. The van der Waals surface area contributed by atoms with Gasteiger partial charge in [-0.2, -0.15) is 5.26 Å². The second kappa shape index (κ2) is 4.05. The van der Waals surface area contributed by atoms with Gasteiger partial charge in [0.25, 0.3) is 0 Å². The zero-order chi connectivity index (χ0) is 10.7. The summed E-state index contributed by atoms with van der Waals surface area (Å²) in [5.41, 5.74) is 0.791. The van der Waals surface area contributed by atoms with Gasteiger partial charge in [-0.05, 0) is 17.5 Å². The van der Waals surface area contributed by atoms with Crippen LogP contribution in [-0.4, -0.2) is 0 Å². The van der Waals surface area contributed by atoms with E-state index in [2.05, 4.69) is 11.8 Å². The van der Waals surface area contributed by atoms with Gasteiger partial charge < -0.3 is 0 Å². The Morgan fingerprint density at radius 3 is 2.53 bits per heavy atom. The Labute approximate surface area is 92.9 Å². The molecule has 0 atom stereocenters. The fourth-order valence-corrected chi connectivity index (χ4v) is 1.78. The molecule has 0 fully saturated rings. The number of rotatable bonds is 0. The Hall–Kier alpha value is -1.96. The molecule has 0 amide bonds. The Balaban J connectivity index is 2.81. The molecule has 15 heavy (non-hydrogen) atoms. The van der Waals surface area contributed by atoms with Crippen molar-refractivity contribution in [3.63, 3.8) is 0 Å².